The molecule has 29 heavy (non-hydrogen) atoms. The minimum atomic E-state index is -0.446. The largest absolute Gasteiger partial charge is 0.431 e. The van der Waals surface area contributed by atoms with E-state index < -0.39 is 4.92 Å². The van der Waals surface area contributed by atoms with Crippen LogP contribution in [-0.4, -0.2) is 19.9 Å². The highest BCUT2D eigenvalue weighted by molar-refractivity contribution is 7.18. The average Bonchev–Trinajstić information content (AvgIpc) is 3.13. The van der Waals surface area contributed by atoms with E-state index in [0.29, 0.717) is 11.7 Å². The molecule has 1 aliphatic rings. The Morgan fingerprint density at radius 3 is 2.76 bits per heavy atom. The number of fused-ring (bicyclic) bond motifs is 3. The Morgan fingerprint density at radius 1 is 1.07 bits per heavy atom. The number of thiophene rings is 1. The van der Waals surface area contributed by atoms with Crippen LogP contribution in [0.4, 0.5) is 5.69 Å². The van der Waals surface area contributed by atoms with Crippen molar-refractivity contribution in [2.24, 2.45) is 0 Å². The van der Waals surface area contributed by atoms with Crippen LogP contribution in [0.1, 0.15) is 23.3 Å². The molecule has 0 spiro atoms. The average molecular weight is 404 g/mol. The third kappa shape index (κ3) is 3.21. The molecular formula is C21H16N4O3S. The van der Waals surface area contributed by atoms with Crippen LogP contribution in [0.2, 0.25) is 0 Å². The van der Waals surface area contributed by atoms with Crippen LogP contribution in [0, 0.1) is 10.1 Å². The van der Waals surface area contributed by atoms with E-state index in [0.717, 1.165) is 41.5 Å². The fraction of sp³-hybridized carbons (Fsp3) is 0.190. The van der Waals surface area contributed by atoms with E-state index in [2.05, 4.69) is 9.97 Å². The van der Waals surface area contributed by atoms with Gasteiger partial charge in [-0.25, -0.2) is 4.98 Å². The zero-order valence-electron chi connectivity index (χ0n) is 15.4. The standard InChI is InChI=1S/C21H16N4O3S/c26-25(27)15-8-2-3-9-16(15)28-20-18-14-7-1-4-10-17(14)29-21(18)24-19(23-20)13-6-5-11-22-12-13/h2-3,5-6,8-9,11-12H,1,4,7,10H2. The Hall–Kier alpha value is -3.39. The Labute approximate surface area is 170 Å². The van der Waals surface area contributed by atoms with Crippen molar-refractivity contribution in [2.75, 3.05) is 0 Å². The molecule has 0 aliphatic heterocycles. The van der Waals surface area contributed by atoms with E-state index >= 15 is 0 Å². The smallest absolute Gasteiger partial charge is 0.311 e. The molecule has 0 amide bonds. The second-order valence-corrected chi connectivity index (χ2v) is 7.90. The van der Waals surface area contributed by atoms with Crippen LogP contribution < -0.4 is 4.74 Å². The van der Waals surface area contributed by atoms with Gasteiger partial charge >= 0.3 is 5.69 Å². The summed E-state index contributed by atoms with van der Waals surface area (Å²) in [7, 11) is 0. The van der Waals surface area contributed by atoms with Crippen molar-refractivity contribution in [3.05, 3.63) is 69.3 Å². The Morgan fingerprint density at radius 2 is 1.93 bits per heavy atom. The van der Waals surface area contributed by atoms with Crippen LogP contribution in [0.25, 0.3) is 21.6 Å². The molecule has 0 saturated carbocycles. The highest BCUT2D eigenvalue weighted by Gasteiger charge is 2.24. The molecule has 1 aromatic carbocycles. The van der Waals surface area contributed by atoms with Gasteiger partial charge in [-0.1, -0.05) is 12.1 Å². The minimum absolute atomic E-state index is 0.0914. The van der Waals surface area contributed by atoms with Crippen molar-refractivity contribution < 1.29 is 9.66 Å². The van der Waals surface area contributed by atoms with Gasteiger partial charge in [0.15, 0.2) is 5.82 Å². The highest BCUT2D eigenvalue weighted by Crippen LogP contribution is 2.42. The minimum Gasteiger partial charge on any atom is -0.431 e. The van der Waals surface area contributed by atoms with Crippen molar-refractivity contribution in [3.8, 4) is 23.0 Å². The van der Waals surface area contributed by atoms with E-state index in [-0.39, 0.29) is 11.4 Å². The summed E-state index contributed by atoms with van der Waals surface area (Å²) in [6.07, 6.45) is 7.61. The molecule has 0 atom stereocenters. The van der Waals surface area contributed by atoms with Gasteiger partial charge < -0.3 is 4.74 Å². The summed E-state index contributed by atoms with van der Waals surface area (Å²) in [4.78, 5) is 26.7. The summed E-state index contributed by atoms with van der Waals surface area (Å²) in [6, 6.07) is 10.1. The first-order valence-corrected chi connectivity index (χ1v) is 10.2. The van der Waals surface area contributed by atoms with E-state index in [1.54, 1.807) is 41.9 Å². The van der Waals surface area contributed by atoms with Crippen molar-refractivity contribution >= 4 is 27.2 Å². The van der Waals surface area contributed by atoms with Gasteiger partial charge in [-0.2, -0.15) is 4.98 Å². The van der Waals surface area contributed by atoms with Gasteiger partial charge in [0.2, 0.25) is 11.6 Å². The van der Waals surface area contributed by atoms with Crippen molar-refractivity contribution in [1.29, 1.82) is 0 Å². The van der Waals surface area contributed by atoms with Crippen molar-refractivity contribution in [2.45, 2.75) is 25.7 Å². The first-order valence-electron chi connectivity index (χ1n) is 9.34. The molecular weight excluding hydrogens is 388 g/mol. The molecule has 0 fully saturated rings. The van der Waals surface area contributed by atoms with Gasteiger partial charge in [-0.15, -0.1) is 11.3 Å². The summed E-state index contributed by atoms with van der Waals surface area (Å²) in [6.45, 7) is 0. The van der Waals surface area contributed by atoms with Crippen molar-refractivity contribution in [1.82, 2.24) is 15.0 Å². The predicted octanol–water partition coefficient (Wildman–Crippen LogP) is 5.33. The first-order chi connectivity index (χ1) is 14.2. The number of para-hydroxylation sites is 2. The zero-order chi connectivity index (χ0) is 19.8. The maximum atomic E-state index is 11.4. The maximum absolute atomic E-state index is 11.4. The van der Waals surface area contributed by atoms with Gasteiger partial charge in [0, 0.05) is 28.9 Å². The second-order valence-electron chi connectivity index (χ2n) is 6.81. The number of ether oxygens (including phenoxy) is 1. The lowest BCUT2D eigenvalue weighted by atomic mass is 9.97. The molecule has 0 bridgehead atoms. The fourth-order valence-electron chi connectivity index (χ4n) is 3.62. The second kappa shape index (κ2) is 7.21. The predicted molar refractivity (Wildman–Crippen MR) is 110 cm³/mol. The molecule has 144 valence electrons. The lowest BCUT2D eigenvalue weighted by Gasteiger charge is -2.13. The number of pyridine rings is 1. The molecule has 7 nitrogen and oxygen atoms in total. The number of nitrogens with zero attached hydrogens (tertiary/aromatic N) is 4. The molecule has 0 unspecified atom stereocenters. The molecule has 0 radical (unpaired) electrons. The third-order valence-corrected chi connectivity index (χ3v) is 6.16. The molecule has 4 aromatic rings. The summed E-state index contributed by atoms with van der Waals surface area (Å²) in [5.41, 5.74) is 1.89. The zero-order valence-corrected chi connectivity index (χ0v) is 16.2. The van der Waals surface area contributed by atoms with E-state index in [1.807, 2.05) is 12.1 Å². The van der Waals surface area contributed by atoms with Crippen LogP contribution >= 0.6 is 11.3 Å². The van der Waals surface area contributed by atoms with Crippen LogP contribution in [0.3, 0.4) is 0 Å². The number of benzene rings is 1. The molecule has 0 N–H and O–H groups in total. The Balaban J connectivity index is 1.72. The number of hydrogen-bond acceptors (Lipinski definition) is 7. The molecule has 3 aromatic heterocycles. The van der Waals surface area contributed by atoms with Gasteiger partial charge in [0.1, 0.15) is 4.83 Å². The first kappa shape index (κ1) is 17.7. The van der Waals surface area contributed by atoms with E-state index in [4.69, 9.17) is 9.72 Å². The maximum Gasteiger partial charge on any atom is 0.311 e. The summed E-state index contributed by atoms with van der Waals surface area (Å²) >= 11 is 1.66. The van der Waals surface area contributed by atoms with Crippen LogP contribution in [0.5, 0.6) is 11.6 Å². The van der Waals surface area contributed by atoms with Crippen LogP contribution in [0.15, 0.2) is 48.8 Å². The monoisotopic (exact) mass is 404 g/mol. The van der Waals surface area contributed by atoms with E-state index in [1.165, 1.54) is 16.5 Å². The highest BCUT2D eigenvalue weighted by atomic mass is 32.1. The molecule has 5 rings (SSSR count). The molecule has 1 aliphatic carbocycles. The van der Waals surface area contributed by atoms with Gasteiger partial charge in [0.05, 0.1) is 10.3 Å². The fourth-order valence-corrected chi connectivity index (χ4v) is 4.87. The Kier molecular flexibility index (Phi) is 4.40. The van der Waals surface area contributed by atoms with Crippen LogP contribution in [-0.2, 0) is 12.8 Å². The normalized spacial score (nSPS) is 13.2. The number of aryl methyl sites for hydroxylation is 2. The van der Waals surface area contributed by atoms with Crippen molar-refractivity contribution in [3.63, 3.8) is 0 Å². The third-order valence-electron chi connectivity index (χ3n) is 4.97. The molecule has 3 heterocycles. The van der Waals surface area contributed by atoms with Gasteiger partial charge in [0.25, 0.3) is 0 Å². The lowest BCUT2D eigenvalue weighted by Crippen LogP contribution is -2.01. The number of nitro groups is 1. The number of nitro benzene ring substituents is 1. The summed E-state index contributed by atoms with van der Waals surface area (Å²) in [5, 5.41) is 12.3. The quantitative estimate of drug-likeness (QED) is 0.337. The van der Waals surface area contributed by atoms with Gasteiger partial charge in [-0.05, 0) is 49.4 Å². The lowest BCUT2D eigenvalue weighted by molar-refractivity contribution is -0.385. The van der Waals surface area contributed by atoms with E-state index in [9.17, 15) is 10.1 Å². The number of rotatable bonds is 4. The summed E-state index contributed by atoms with van der Waals surface area (Å²) in [5.74, 6) is 1.03. The molecule has 8 heteroatoms. The number of aromatic nitrogens is 3. The van der Waals surface area contributed by atoms with Gasteiger partial charge in [-0.3, -0.25) is 15.1 Å². The SMILES string of the molecule is O=[N+]([O-])c1ccccc1Oc1nc(-c2cccnc2)nc2sc3c(c12)CCCC3. The topological polar surface area (TPSA) is 91.0 Å². The molecule has 0 saturated heterocycles. The Bertz CT molecular complexity index is 1220. The summed E-state index contributed by atoms with van der Waals surface area (Å²) < 4.78 is 6.06. The number of hydrogen-bond donors (Lipinski definition) is 0.